The smallest absolute Gasteiger partial charge is 0.335 e. The molecule has 0 aliphatic heterocycles. The van der Waals surface area contributed by atoms with Crippen molar-refractivity contribution in [3.05, 3.63) is 35.1 Å². The average Bonchev–Trinajstić information content (AvgIpc) is 2.31. The number of hydrogen-bond donors (Lipinski definition) is 1. The van der Waals surface area contributed by atoms with Gasteiger partial charge in [0.15, 0.2) is 0 Å². The van der Waals surface area contributed by atoms with E-state index in [2.05, 4.69) is 13.8 Å². The number of aromatic carboxylic acids is 1. The normalized spacial score (nSPS) is 12.4. The molecule has 0 amide bonds. The molecule has 100 valence electrons. The number of halogens is 1. The molecule has 0 saturated carbocycles. The van der Waals surface area contributed by atoms with E-state index < -0.39 is 11.8 Å². The van der Waals surface area contributed by atoms with Crippen molar-refractivity contribution in [1.82, 2.24) is 0 Å². The first-order valence-electron chi connectivity index (χ1n) is 6.14. The van der Waals surface area contributed by atoms with Crippen LogP contribution in [0.3, 0.4) is 0 Å². The number of ether oxygens (including phenoxy) is 1. The van der Waals surface area contributed by atoms with Gasteiger partial charge in [-0.3, -0.25) is 0 Å². The SMILES string of the molecule is CCCC(C)COCc1cc(C(=O)O)ccc1F. The molecule has 1 atom stereocenters. The van der Waals surface area contributed by atoms with E-state index in [1.807, 2.05) is 0 Å². The van der Waals surface area contributed by atoms with Crippen LogP contribution in [-0.2, 0) is 11.3 Å². The Balaban J connectivity index is 2.56. The van der Waals surface area contributed by atoms with Crippen LogP contribution in [0.4, 0.5) is 4.39 Å². The first-order valence-corrected chi connectivity index (χ1v) is 6.14. The summed E-state index contributed by atoms with van der Waals surface area (Å²) in [5.41, 5.74) is 0.371. The molecule has 1 rings (SSSR count). The van der Waals surface area contributed by atoms with Crippen LogP contribution in [0.2, 0.25) is 0 Å². The maximum absolute atomic E-state index is 13.4. The van der Waals surface area contributed by atoms with Gasteiger partial charge in [0.25, 0.3) is 0 Å². The Kier molecular flexibility index (Phi) is 5.78. The van der Waals surface area contributed by atoms with Crippen molar-refractivity contribution in [2.75, 3.05) is 6.61 Å². The molecule has 1 aromatic carbocycles. The summed E-state index contributed by atoms with van der Waals surface area (Å²) in [5, 5.41) is 8.82. The van der Waals surface area contributed by atoms with Crippen LogP contribution in [0, 0.1) is 11.7 Å². The molecule has 0 fully saturated rings. The second kappa shape index (κ2) is 7.11. The molecule has 3 nitrogen and oxygen atoms in total. The van der Waals surface area contributed by atoms with E-state index in [1.54, 1.807) is 0 Å². The predicted octanol–water partition coefficient (Wildman–Crippen LogP) is 3.48. The lowest BCUT2D eigenvalue weighted by Gasteiger charge is -2.11. The van der Waals surface area contributed by atoms with Crippen molar-refractivity contribution in [3.63, 3.8) is 0 Å². The first kappa shape index (κ1) is 14.6. The summed E-state index contributed by atoms with van der Waals surface area (Å²) in [4.78, 5) is 10.8. The zero-order valence-corrected chi connectivity index (χ0v) is 10.8. The van der Waals surface area contributed by atoms with Crippen molar-refractivity contribution < 1.29 is 19.0 Å². The predicted molar refractivity (Wildman–Crippen MR) is 67.1 cm³/mol. The Morgan fingerprint density at radius 2 is 2.22 bits per heavy atom. The fourth-order valence-electron chi connectivity index (χ4n) is 1.76. The summed E-state index contributed by atoms with van der Waals surface area (Å²) >= 11 is 0. The second-order valence-electron chi connectivity index (χ2n) is 4.52. The highest BCUT2D eigenvalue weighted by Crippen LogP contribution is 2.13. The van der Waals surface area contributed by atoms with Crippen LogP contribution < -0.4 is 0 Å². The highest BCUT2D eigenvalue weighted by Gasteiger charge is 2.09. The Morgan fingerprint density at radius 3 is 2.83 bits per heavy atom. The zero-order valence-electron chi connectivity index (χ0n) is 10.8. The van der Waals surface area contributed by atoms with Crippen LogP contribution in [0.15, 0.2) is 18.2 Å². The Morgan fingerprint density at radius 1 is 1.50 bits per heavy atom. The van der Waals surface area contributed by atoms with Gasteiger partial charge >= 0.3 is 5.97 Å². The van der Waals surface area contributed by atoms with Gasteiger partial charge in [-0.15, -0.1) is 0 Å². The third-order valence-corrected chi connectivity index (χ3v) is 2.73. The molecule has 1 N–H and O–H groups in total. The van der Waals surface area contributed by atoms with E-state index in [9.17, 15) is 9.18 Å². The third-order valence-electron chi connectivity index (χ3n) is 2.73. The Bertz CT molecular complexity index is 404. The third kappa shape index (κ3) is 4.45. The molecule has 1 unspecified atom stereocenters. The van der Waals surface area contributed by atoms with Crippen molar-refractivity contribution in [2.24, 2.45) is 5.92 Å². The molecule has 18 heavy (non-hydrogen) atoms. The summed E-state index contributed by atoms with van der Waals surface area (Å²) in [6.07, 6.45) is 2.16. The van der Waals surface area contributed by atoms with E-state index in [4.69, 9.17) is 9.84 Å². The Hall–Kier alpha value is -1.42. The maximum Gasteiger partial charge on any atom is 0.335 e. The molecule has 0 saturated heterocycles. The van der Waals surface area contributed by atoms with Crippen molar-refractivity contribution in [1.29, 1.82) is 0 Å². The van der Waals surface area contributed by atoms with Crippen LogP contribution in [0.25, 0.3) is 0 Å². The second-order valence-corrected chi connectivity index (χ2v) is 4.52. The van der Waals surface area contributed by atoms with Crippen LogP contribution >= 0.6 is 0 Å². The van der Waals surface area contributed by atoms with Gasteiger partial charge in [0.2, 0.25) is 0 Å². The average molecular weight is 254 g/mol. The minimum absolute atomic E-state index is 0.0802. The number of rotatable bonds is 7. The minimum atomic E-state index is -1.06. The van der Waals surface area contributed by atoms with Crippen LogP contribution in [0.1, 0.15) is 42.6 Å². The number of carboxylic acid groups (broad SMARTS) is 1. The van der Waals surface area contributed by atoms with E-state index in [1.165, 1.54) is 12.1 Å². The fraction of sp³-hybridized carbons (Fsp3) is 0.500. The topological polar surface area (TPSA) is 46.5 Å². The van der Waals surface area contributed by atoms with Crippen molar-refractivity contribution in [2.45, 2.75) is 33.3 Å². The van der Waals surface area contributed by atoms with Gasteiger partial charge in [-0.2, -0.15) is 0 Å². The summed E-state index contributed by atoms with van der Waals surface area (Å²) in [5.74, 6) is -1.06. The number of hydrogen-bond acceptors (Lipinski definition) is 2. The molecule has 4 heteroatoms. The maximum atomic E-state index is 13.4. The summed E-state index contributed by atoms with van der Waals surface area (Å²) < 4.78 is 18.8. The summed E-state index contributed by atoms with van der Waals surface area (Å²) in [6, 6.07) is 3.74. The molecular formula is C14H19FO3. The number of carboxylic acids is 1. The first-order chi connectivity index (χ1) is 8.54. The van der Waals surface area contributed by atoms with Crippen molar-refractivity contribution >= 4 is 5.97 Å². The van der Waals surface area contributed by atoms with Gasteiger partial charge < -0.3 is 9.84 Å². The van der Waals surface area contributed by atoms with E-state index in [0.29, 0.717) is 18.1 Å². The zero-order chi connectivity index (χ0) is 13.5. The van der Waals surface area contributed by atoms with Gasteiger partial charge in [0, 0.05) is 12.2 Å². The van der Waals surface area contributed by atoms with Gasteiger partial charge in [-0.05, 0) is 30.5 Å². The van der Waals surface area contributed by atoms with E-state index in [0.717, 1.165) is 18.9 Å². The molecule has 0 heterocycles. The Labute approximate surface area is 107 Å². The van der Waals surface area contributed by atoms with Crippen LogP contribution in [0.5, 0.6) is 0 Å². The van der Waals surface area contributed by atoms with Gasteiger partial charge in [-0.25, -0.2) is 9.18 Å². The van der Waals surface area contributed by atoms with Gasteiger partial charge in [0.1, 0.15) is 5.82 Å². The molecule has 0 spiro atoms. The lowest BCUT2D eigenvalue weighted by molar-refractivity contribution is 0.0695. The molecule has 0 radical (unpaired) electrons. The minimum Gasteiger partial charge on any atom is -0.478 e. The van der Waals surface area contributed by atoms with Gasteiger partial charge in [-0.1, -0.05) is 20.3 Å². The van der Waals surface area contributed by atoms with E-state index >= 15 is 0 Å². The monoisotopic (exact) mass is 254 g/mol. The number of benzene rings is 1. The molecule has 0 aliphatic carbocycles. The fourth-order valence-corrected chi connectivity index (χ4v) is 1.76. The highest BCUT2D eigenvalue weighted by molar-refractivity contribution is 5.87. The van der Waals surface area contributed by atoms with E-state index in [-0.39, 0.29) is 12.2 Å². The van der Waals surface area contributed by atoms with Crippen molar-refractivity contribution in [3.8, 4) is 0 Å². The van der Waals surface area contributed by atoms with Crippen LogP contribution in [-0.4, -0.2) is 17.7 Å². The lowest BCUT2D eigenvalue weighted by atomic mass is 10.1. The molecule has 0 aromatic heterocycles. The molecule has 0 aliphatic rings. The lowest BCUT2D eigenvalue weighted by Crippen LogP contribution is -2.07. The quantitative estimate of drug-likeness (QED) is 0.810. The molecular weight excluding hydrogens is 235 g/mol. The largest absolute Gasteiger partial charge is 0.478 e. The summed E-state index contributed by atoms with van der Waals surface area (Å²) in [7, 11) is 0. The summed E-state index contributed by atoms with van der Waals surface area (Å²) in [6.45, 7) is 4.85. The molecule has 1 aromatic rings. The van der Waals surface area contributed by atoms with Gasteiger partial charge in [0.05, 0.1) is 12.2 Å². The molecule has 0 bridgehead atoms. The highest BCUT2D eigenvalue weighted by atomic mass is 19.1. The standard InChI is InChI=1S/C14H19FO3/c1-3-4-10(2)8-18-9-12-7-11(14(16)17)5-6-13(12)15/h5-7,10H,3-4,8-9H2,1-2H3,(H,16,17). The number of carbonyl (C=O) groups is 1.